The third kappa shape index (κ3) is 3.94. The monoisotopic (exact) mass is 282 g/mol. The number of hydrogen-bond donors (Lipinski definition) is 2. The predicted molar refractivity (Wildman–Crippen MR) is 77.8 cm³/mol. The minimum atomic E-state index is -3.34. The second kappa shape index (κ2) is 5.13. The van der Waals surface area contributed by atoms with Gasteiger partial charge in [0.15, 0.2) is 0 Å². The van der Waals surface area contributed by atoms with Crippen molar-refractivity contribution in [1.29, 1.82) is 0 Å². The molecule has 0 amide bonds. The minimum absolute atomic E-state index is 0.00660. The van der Waals surface area contributed by atoms with E-state index in [4.69, 9.17) is 0 Å². The van der Waals surface area contributed by atoms with E-state index in [2.05, 4.69) is 30.8 Å². The summed E-state index contributed by atoms with van der Waals surface area (Å²) in [6.07, 6.45) is 2.89. The Hall–Kier alpha value is -1.07. The number of nitrogens with one attached hydrogen (secondary N) is 2. The van der Waals surface area contributed by atoms with Crippen LogP contribution in [0, 0.1) is 0 Å². The molecule has 0 unspecified atom stereocenters. The van der Waals surface area contributed by atoms with Crippen molar-refractivity contribution in [3.8, 4) is 0 Å². The molecule has 106 valence electrons. The zero-order chi connectivity index (χ0) is 14.1. The first kappa shape index (κ1) is 14.3. The first-order chi connectivity index (χ1) is 8.82. The molecule has 1 saturated carbocycles. The molecule has 0 bridgehead atoms. The Balaban J connectivity index is 2.09. The van der Waals surface area contributed by atoms with Crippen LogP contribution in [0.1, 0.15) is 40.0 Å². The van der Waals surface area contributed by atoms with Crippen molar-refractivity contribution < 1.29 is 8.42 Å². The Morgan fingerprint density at radius 3 is 2.26 bits per heavy atom. The second-order valence-electron chi connectivity index (χ2n) is 5.78. The van der Waals surface area contributed by atoms with Gasteiger partial charge in [-0.3, -0.25) is 0 Å². The molecule has 0 aromatic heterocycles. The number of benzene rings is 1. The SMILES string of the molecule is CCC(C)(C)Nc1ccc(S(=O)(=O)NC2CC2)cc1. The molecule has 0 atom stereocenters. The van der Waals surface area contributed by atoms with E-state index >= 15 is 0 Å². The fourth-order valence-electron chi connectivity index (χ4n) is 1.69. The van der Waals surface area contributed by atoms with E-state index in [1.807, 2.05) is 12.1 Å². The molecule has 2 N–H and O–H groups in total. The summed E-state index contributed by atoms with van der Waals surface area (Å²) in [6.45, 7) is 6.35. The zero-order valence-electron chi connectivity index (χ0n) is 11.7. The fraction of sp³-hybridized carbons (Fsp3) is 0.571. The van der Waals surface area contributed by atoms with Crippen LogP contribution in [0.2, 0.25) is 0 Å². The van der Waals surface area contributed by atoms with E-state index < -0.39 is 10.0 Å². The lowest BCUT2D eigenvalue weighted by Gasteiger charge is -2.26. The van der Waals surface area contributed by atoms with Crippen molar-refractivity contribution in [1.82, 2.24) is 4.72 Å². The normalized spacial score (nSPS) is 16.4. The lowest BCUT2D eigenvalue weighted by molar-refractivity contribution is 0.547. The maximum atomic E-state index is 12.0. The summed E-state index contributed by atoms with van der Waals surface area (Å²) >= 11 is 0. The highest BCUT2D eigenvalue weighted by Gasteiger charge is 2.27. The summed E-state index contributed by atoms with van der Waals surface area (Å²) < 4.78 is 26.7. The predicted octanol–water partition coefficient (Wildman–Crippen LogP) is 2.73. The number of rotatable bonds is 6. The topological polar surface area (TPSA) is 58.2 Å². The zero-order valence-corrected chi connectivity index (χ0v) is 12.5. The standard InChI is InChI=1S/C14H22N2O2S/c1-4-14(2,3)15-11-7-9-13(10-8-11)19(17,18)16-12-5-6-12/h7-10,12,15-16H,4-6H2,1-3H3. The molecule has 19 heavy (non-hydrogen) atoms. The van der Waals surface area contributed by atoms with Gasteiger partial charge in [0.05, 0.1) is 4.90 Å². The summed E-state index contributed by atoms with van der Waals surface area (Å²) in [5, 5.41) is 3.38. The van der Waals surface area contributed by atoms with Crippen LogP contribution in [0.25, 0.3) is 0 Å². The molecule has 4 nitrogen and oxygen atoms in total. The highest BCUT2D eigenvalue weighted by atomic mass is 32.2. The third-order valence-corrected chi connectivity index (χ3v) is 4.97. The van der Waals surface area contributed by atoms with Crippen LogP contribution in [0.3, 0.4) is 0 Å². The van der Waals surface area contributed by atoms with Gasteiger partial charge in [0, 0.05) is 17.3 Å². The molecule has 1 fully saturated rings. The van der Waals surface area contributed by atoms with Gasteiger partial charge in [0.25, 0.3) is 0 Å². The van der Waals surface area contributed by atoms with E-state index in [1.165, 1.54) is 0 Å². The fourth-order valence-corrected chi connectivity index (χ4v) is 2.99. The van der Waals surface area contributed by atoms with Crippen LogP contribution in [-0.4, -0.2) is 20.0 Å². The number of sulfonamides is 1. The van der Waals surface area contributed by atoms with Crippen LogP contribution in [-0.2, 0) is 10.0 Å². The lowest BCUT2D eigenvalue weighted by atomic mass is 10.0. The van der Waals surface area contributed by atoms with Crippen molar-refractivity contribution in [2.45, 2.75) is 56.5 Å². The third-order valence-electron chi connectivity index (χ3n) is 3.43. The first-order valence-electron chi connectivity index (χ1n) is 6.73. The molecule has 1 aliphatic carbocycles. The van der Waals surface area contributed by atoms with Crippen LogP contribution in [0.15, 0.2) is 29.2 Å². The van der Waals surface area contributed by atoms with Gasteiger partial charge in [-0.2, -0.15) is 0 Å². The van der Waals surface area contributed by atoms with Crippen LogP contribution in [0.4, 0.5) is 5.69 Å². The smallest absolute Gasteiger partial charge is 0.240 e. The van der Waals surface area contributed by atoms with Gasteiger partial charge in [-0.1, -0.05) is 6.92 Å². The summed E-state index contributed by atoms with van der Waals surface area (Å²) in [4.78, 5) is 0.333. The molecule has 1 aromatic carbocycles. The molecule has 0 heterocycles. The molecule has 5 heteroatoms. The maximum Gasteiger partial charge on any atom is 0.240 e. The van der Waals surface area contributed by atoms with Crippen molar-refractivity contribution in [2.24, 2.45) is 0 Å². The van der Waals surface area contributed by atoms with Gasteiger partial charge >= 0.3 is 0 Å². The van der Waals surface area contributed by atoms with Crippen LogP contribution < -0.4 is 10.0 Å². The quantitative estimate of drug-likeness (QED) is 0.843. The van der Waals surface area contributed by atoms with Gasteiger partial charge in [0.1, 0.15) is 0 Å². The van der Waals surface area contributed by atoms with E-state index in [-0.39, 0.29) is 11.6 Å². The molecular weight excluding hydrogens is 260 g/mol. The minimum Gasteiger partial charge on any atom is -0.380 e. The van der Waals surface area contributed by atoms with Gasteiger partial charge in [-0.05, 0) is 57.4 Å². The summed E-state index contributed by atoms with van der Waals surface area (Å²) in [5.74, 6) is 0. The summed E-state index contributed by atoms with van der Waals surface area (Å²) in [6, 6.07) is 7.08. The van der Waals surface area contributed by atoms with Gasteiger partial charge in [0.2, 0.25) is 10.0 Å². The average Bonchev–Trinajstić information content (AvgIpc) is 3.12. The van der Waals surface area contributed by atoms with Crippen LogP contribution in [0.5, 0.6) is 0 Å². The van der Waals surface area contributed by atoms with Crippen molar-refractivity contribution in [3.05, 3.63) is 24.3 Å². The molecule has 1 aromatic rings. The molecule has 2 rings (SSSR count). The molecule has 1 aliphatic rings. The maximum absolute atomic E-state index is 12.0. The summed E-state index contributed by atoms with van der Waals surface area (Å²) in [5.41, 5.74) is 0.948. The Bertz CT molecular complexity index is 531. The highest BCUT2D eigenvalue weighted by Crippen LogP contribution is 2.23. The van der Waals surface area contributed by atoms with E-state index in [0.717, 1.165) is 24.9 Å². The lowest BCUT2D eigenvalue weighted by Crippen LogP contribution is -2.29. The van der Waals surface area contributed by atoms with E-state index in [0.29, 0.717) is 4.90 Å². The summed E-state index contributed by atoms with van der Waals surface area (Å²) in [7, 11) is -3.34. The van der Waals surface area contributed by atoms with E-state index in [1.54, 1.807) is 12.1 Å². The Labute approximate surface area is 115 Å². The molecule has 0 radical (unpaired) electrons. The Kier molecular flexibility index (Phi) is 3.87. The van der Waals surface area contributed by atoms with Crippen molar-refractivity contribution >= 4 is 15.7 Å². The van der Waals surface area contributed by atoms with Gasteiger partial charge < -0.3 is 5.32 Å². The van der Waals surface area contributed by atoms with Crippen molar-refractivity contribution in [3.63, 3.8) is 0 Å². The number of hydrogen-bond acceptors (Lipinski definition) is 3. The molecule has 0 saturated heterocycles. The number of anilines is 1. The van der Waals surface area contributed by atoms with Crippen LogP contribution >= 0.6 is 0 Å². The molecular formula is C14H22N2O2S. The molecule has 0 aliphatic heterocycles. The average molecular weight is 282 g/mol. The van der Waals surface area contributed by atoms with Gasteiger partial charge in [-0.25, -0.2) is 13.1 Å². The first-order valence-corrected chi connectivity index (χ1v) is 8.21. The largest absolute Gasteiger partial charge is 0.380 e. The van der Waals surface area contributed by atoms with Crippen molar-refractivity contribution in [2.75, 3.05) is 5.32 Å². The Morgan fingerprint density at radius 2 is 1.79 bits per heavy atom. The van der Waals surface area contributed by atoms with Gasteiger partial charge in [-0.15, -0.1) is 0 Å². The Morgan fingerprint density at radius 1 is 1.21 bits per heavy atom. The van der Waals surface area contributed by atoms with E-state index in [9.17, 15) is 8.42 Å². The molecule has 0 spiro atoms. The highest BCUT2D eigenvalue weighted by molar-refractivity contribution is 7.89. The second-order valence-corrected chi connectivity index (χ2v) is 7.50.